The van der Waals surface area contributed by atoms with Gasteiger partial charge in [-0.3, -0.25) is 0 Å². The molecule has 3 rings (SSSR count). The first kappa shape index (κ1) is 22.2. The Labute approximate surface area is 173 Å². The van der Waals surface area contributed by atoms with Gasteiger partial charge in [0.15, 0.2) is 11.5 Å². The van der Waals surface area contributed by atoms with Gasteiger partial charge in [-0.25, -0.2) is 18.3 Å². The van der Waals surface area contributed by atoms with Crippen LogP contribution in [0.2, 0.25) is 0 Å². The molecule has 31 heavy (non-hydrogen) atoms. The number of nitrogens with zero attached hydrogens (tertiary/aromatic N) is 2. The van der Waals surface area contributed by atoms with Crippen LogP contribution >= 0.6 is 0 Å². The third kappa shape index (κ3) is 5.00. The highest BCUT2D eigenvalue weighted by molar-refractivity contribution is 5.89. The highest BCUT2D eigenvalue weighted by Crippen LogP contribution is 2.30. The first-order valence-corrected chi connectivity index (χ1v) is 8.96. The van der Waals surface area contributed by atoms with Crippen LogP contribution in [0.15, 0.2) is 42.5 Å². The Balaban J connectivity index is 1.82. The number of halogens is 5. The number of benzene rings is 2. The SMILES string of the molecule is Cc1cccc(-n2nc(C(F)(F)F)cc2CNC(=O)Nc2ccc(CO)c(F)c2)c1F. The molecule has 1 heterocycles. The van der Waals surface area contributed by atoms with Crippen LogP contribution in [0.3, 0.4) is 0 Å². The molecule has 0 saturated heterocycles. The largest absolute Gasteiger partial charge is 0.435 e. The number of urea groups is 1. The molecule has 164 valence electrons. The van der Waals surface area contributed by atoms with E-state index < -0.39 is 42.7 Å². The second kappa shape index (κ2) is 8.72. The van der Waals surface area contributed by atoms with Crippen molar-refractivity contribution in [3.8, 4) is 5.69 Å². The lowest BCUT2D eigenvalue weighted by molar-refractivity contribution is -0.141. The first-order valence-electron chi connectivity index (χ1n) is 8.96. The van der Waals surface area contributed by atoms with Crippen molar-refractivity contribution >= 4 is 11.7 Å². The highest BCUT2D eigenvalue weighted by atomic mass is 19.4. The number of hydrogen-bond acceptors (Lipinski definition) is 3. The lowest BCUT2D eigenvalue weighted by Gasteiger charge is -2.12. The van der Waals surface area contributed by atoms with Crippen LogP contribution < -0.4 is 10.6 Å². The van der Waals surface area contributed by atoms with E-state index in [0.29, 0.717) is 6.07 Å². The van der Waals surface area contributed by atoms with Gasteiger partial charge in [-0.05, 0) is 36.8 Å². The van der Waals surface area contributed by atoms with Crippen LogP contribution in [-0.4, -0.2) is 20.9 Å². The average Bonchev–Trinajstić information content (AvgIpc) is 3.13. The van der Waals surface area contributed by atoms with Gasteiger partial charge in [0.25, 0.3) is 0 Å². The minimum absolute atomic E-state index is 0.0368. The maximum Gasteiger partial charge on any atom is 0.435 e. The summed E-state index contributed by atoms with van der Waals surface area (Å²) in [6.07, 6.45) is -4.77. The smallest absolute Gasteiger partial charge is 0.392 e. The van der Waals surface area contributed by atoms with Gasteiger partial charge in [0, 0.05) is 11.3 Å². The van der Waals surface area contributed by atoms with Crippen LogP contribution in [0.4, 0.5) is 32.4 Å². The molecule has 0 aliphatic heterocycles. The Kier molecular flexibility index (Phi) is 6.25. The molecule has 0 radical (unpaired) electrons. The number of anilines is 1. The molecule has 0 bridgehead atoms. The molecule has 0 atom stereocenters. The standard InChI is InChI=1S/C20H17F5N4O2/c1-11-3-2-4-16(18(11)22)29-14(8-17(28-29)20(23,24)25)9-26-19(31)27-13-6-5-12(10-30)15(21)7-13/h2-8,30H,9-10H2,1H3,(H2,26,27,31). The number of aromatic nitrogens is 2. The summed E-state index contributed by atoms with van der Waals surface area (Å²) in [4.78, 5) is 12.1. The second-order valence-electron chi connectivity index (χ2n) is 6.61. The van der Waals surface area contributed by atoms with Gasteiger partial charge in [-0.15, -0.1) is 0 Å². The van der Waals surface area contributed by atoms with Crippen LogP contribution in [0.25, 0.3) is 5.69 Å². The van der Waals surface area contributed by atoms with E-state index in [2.05, 4.69) is 15.7 Å². The number of aliphatic hydroxyl groups excluding tert-OH is 1. The van der Waals surface area contributed by atoms with Crippen molar-refractivity contribution < 1.29 is 31.9 Å². The maximum atomic E-state index is 14.5. The molecule has 11 heteroatoms. The Hall–Kier alpha value is -3.47. The number of nitrogens with one attached hydrogen (secondary N) is 2. The second-order valence-corrected chi connectivity index (χ2v) is 6.61. The van der Waals surface area contributed by atoms with Gasteiger partial charge in [0.05, 0.1) is 18.8 Å². The van der Waals surface area contributed by atoms with E-state index in [1.165, 1.54) is 37.3 Å². The molecular weight excluding hydrogens is 423 g/mol. The molecule has 3 aromatic rings. The number of carbonyl (C=O) groups is 1. The van der Waals surface area contributed by atoms with Gasteiger partial charge in [0.2, 0.25) is 0 Å². The minimum atomic E-state index is -4.77. The fourth-order valence-corrected chi connectivity index (χ4v) is 2.79. The van der Waals surface area contributed by atoms with Gasteiger partial charge in [0.1, 0.15) is 11.5 Å². The number of rotatable bonds is 5. The molecular formula is C20H17F5N4O2. The van der Waals surface area contributed by atoms with Gasteiger partial charge in [-0.1, -0.05) is 18.2 Å². The quantitative estimate of drug-likeness (QED) is 0.518. The predicted molar refractivity (Wildman–Crippen MR) is 101 cm³/mol. The van der Waals surface area contributed by atoms with Crippen molar-refractivity contribution in [2.24, 2.45) is 0 Å². The Bertz CT molecular complexity index is 1110. The van der Waals surface area contributed by atoms with Crippen molar-refractivity contribution in [2.45, 2.75) is 26.3 Å². The van der Waals surface area contributed by atoms with Crippen molar-refractivity contribution in [1.29, 1.82) is 0 Å². The van der Waals surface area contributed by atoms with Gasteiger partial charge < -0.3 is 15.7 Å². The number of hydrogen-bond donors (Lipinski definition) is 3. The predicted octanol–water partition coefficient (Wildman–Crippen LogP) is 4.29. The zero-order valence-corrected chi connectivity index (χ0v) is 16.1. The first-order chi connectivity index (χ1) is 14.6. The zero-order chi connectivity index (χ0) is 22.8. The van der Waals surface area contributed by atoms with Gasteiger partial charge >= 0.3 is 12.2 Å². The van der Waals surface area contributed by atoms with E-state index in [1.54, 1.807) is 0 Å². The van der Waals surface area contributed by atoms with Crippen LogP contribution in [0.5, 0.6) is 0 Å². The molecule has 0 aliphatic carbocycles. The molecule has 0 fully saturated rings. The molecule has 6 nitrogen and oxygen atoms in total. The van der Waals surface area contributed by atoms with E-state index in [9.17, 15) is 26.7 Å². The molecule has 2 aromatic carbocycles. The monoisotopic (exact) mass is 440 g/mol. The normalized spacial score (nSPS) is 11.5. The lowest BCUT2D eigenvalue weighted by atomic mass is 10.2. The number of alkyl halides is 3. The third-order valence-corrected chi connectivity index (χ3v) is 4.38. The average molecular weight is 440 g/mol. The minimum Gasteiger partial charge on any atom is -0.392 e. The van der Waals surface area contributed by atoms with Crippen molar-refractivity contribution in [3.63, 3.8) is 0 Å². The molecule has 3 N–H and O–H groups in total. The van der Waals surface area contributed by atoms with E-state index in [-0.39, 0.29) is 28.2 Å². The van der Waals surface area contributed by atoms with E-state index in [0.717, 1.165) is 10.7 Å². The maximum absolute atomic E-state index is 14.5. The summed E-state index contributed by atoms with van der Waals surface area (Å²) >= 11 is 0. The highest BCUT2D eigenvalue weighted by Gasteiger charge is 2.35. The molecule has 1 aromatic heterocycles. The lowest BCUT2D eigenvalue weighted by Crippen LogP contribution is -2.29. The molecule has 0 unspecified atom stereocenters. The van der Waals surface area contributed by atoms with Crippen LogP contribution in [0, 0.1) is 18.6 Å². The Morgan fingerprint density at radius 3 is 2.55 bits per heavy atom. The topological polar surface area (TPSA) is 79.2 Å². The summed E-state index contributed by atoms with van der Waals surface area (Å²) in [5, 5.41) is 17.1. The zero-order valence-electron chi connectivity index (χ0n) is 16.1. The summed E-state index contributed by atoms with van der Waals surface area (Å²) in [5.41, 5.74) is -1.24. The number of amides is 2. The molecule has 0 saturated carbocycles. The fraction of sp³-hybridized carbons (Fsp3) is 0.200. The van der Waals surface area contributed by atoms with E-state index >= 15 is 0 Å². The number of carbonyl (C=O) groups excluding carboxylic acids is 1. The van der Waals surface area contributed by atoms with Crippen LogP contribution in [-0.2, 0) is 19.3 Å². The summed E-state index contributed by atoms with van der Waals surface area (Å²) in [6.45, 7) is 0.526. The molecule has 0 spiro atoms. The van der Waals surface area contributed by atoms with Crippen LogP contribution in [0.1, 0.15) is 22.5 Å². The van der Waals surface area contributed by atoms with Crippen molar-refractivity contribution in [3.05, 3.63) is 76.6 Å². The summed E-state index contributed by atoms with van der Waals surface area (Å²) < 4.78 is 68.4. The Morgan fingerprint density at radius 2 is 1.90 bits per heavy atom. The Morgan fingerprint density at radius 1 is 1.16 bits per heavy atom. The summed E-state index contributed by atoms with van der Waals surface area (Å²) in [5.74, 6) is -1.48. The third-order valence-electron chi connectivity index (χ3n) is 4.38. The molecule has 2 amide bonds. The molecule has 0 aliphatic rings. The van der Waals surface area contributed by atoms with Crippen molar-refractivity contribution in [2.75, 3.05) is 5.32 Å². The number of aliphatic hydroxyl groups is 1. The fourth-order valence-electron chi connectivity index (χ4n) is 2.79. The van der Waals surface area contributed by atoms with E-state index in [1.807, 2.05) is 0 Å². The summed E-state index contributed by atoms with van der Waals surface area (Å²) in [7, 11) is 0. The van der Waals surface area contributed by atoms with Gasteiger partial charge in [-0.2, -0.15) is 18.3 Å². The number of aryl methyl sites for hydroxylation is 1. The van der Waals surface area contributed by atoms with Crippen molar-refractivity contribution in [1.82, 2.24) is 15.1 Å². The van der Waals surface area contributed by atoms with E-state index in [4.69, 9.17) is 5.11 Å². The summed E-state index contributed by atoms with van der Waals surface area (Å²) in [6, 6.07) is 7.68.